The van der Waals surface area contributed by atoms with Crippen LogP contribution in [0.15, 0.2) is 12.2 Å². The van der Waals surface area contributed by atoms with Gasteiger partial charge in [0.05, 0.1) is 26.2 Å². The molecule has 0 aliphatic carbocycles. The molecule has 7 nitrogen and oxygen atoms in total. The van der Waals surface area contributed by atoms with Crippen LogP contribution in [0.3, 0.4) is 0 Å². The Morgan fingerprint density at radius 3 is 1.23 bits per heavy atom. The van der Waals surface area contributed by atoms with E-state index in [1.165, 1.54) is 103 Å². The van der Waals surface area contributed by atoms with Crippen molar-refractivity contribution in [3.8, 4) is 0 Å². The lowest BCUT2D eigenvalue weighted by Crippen LogP contribution is -2.58. The molecule has 0 saturated heterocycles. The van der Waals surface area contributed by atoms with Gasteiger partial charge >= 0.3 is 11.9 Å². The number of hydrogen-bond donors (Lipinski definition) is 2. The smallest absolute Gasteiger partial charge is 0.311 e. The molecule has 7 heteroatoms. The van der Waals surface area contributed by atoms with Crippen LogP contribution in [0, 0.1) is 17.8 Å². The summed E-state index contributed by atoms with van der Waals surface area (Å²) in [6.45, 7) is 8.27. The van der Waals surface area contributed by atoms with E-state index < -0.39 is 35.7 Å². The minimum atomic E-state index is -1.18. The average Bonchev–Trinajstić information content (AvgIpc) is 2.95. The predicted molar refractivity (Wildman–Crippen MR) is 175 cm³/mol. The van der Waals surface area contributed by atoms with Crippen LogP contribution in [0.25, 0.3) is 0 Å². The van der Waals surface area contributed by atoms with Crippen molar-refractivity contribution in [1.29, 1.82) is 0 Å². The molecule has 0 radical (unpaired) electrons. The lowest BCUT2D eigenvalue weighted by atomic mass is 10.00. The maximum atomic E-state index is 11.6. The van der Waals surface area contributed by atoms with Gasteiger partial charge in [-0.2, -0.15) is 0 Å². The molecule has 3 atom stereocenters. The van der Waals surface area contributed by atoms with Crippen LogP contribution in [-0.2, 0) is 14.4 Å². The summed E-state index contributed by atoms with van der Waals surface area (Å²) in [5, 5.41) is 30.6. The van der Waals surface area contributed by atoms with Gasteiger partial charge in [-0.1, -0.05) is 116 Å². The van der Waals surface area contributed by atoms with Crippen LogP contribution in [-0.4, -0.2) is 58.8 Å². The van der Waals surface area contributed by atoms with E-state index in [1.807, 2.05) is 0 Å². The highest BCUT2D eigenvalue weighted by molar-refractivity contribution is 5.70. The molecular formula is C36H67NO6. The van der Waals surface area contributed by atoms with Gasteiger partial charge < -0.3 is 24.6 Å². The molecule has 0 saturated carbocycles. The predicted octanol–water partition coefficient (Wildman–Crippen LogP) is 8.01. The Kier molecular flexibility index (Phi) is 25.3. The summed E-state index contributed by atoms with van der Waals surface area (Å²) >= 11 is 0. The molecular weight excluding hydrogens is 542 g/mol. The van der Waals surface area contributed by atoms with Gasteiger partial charge in [0.15, 0.2) is 0 Å². The number of quaternary nitrogens is 1. The molecule has 0 aliphatic rings. The van der Waals surface area contributed by atoms with E-state index in [1.54, 1.807) is 20.8 Å². The second kappa shape index (κ2) is 26.5. The Bertz CT molecular complexity index is 697. The summed E-state index contributed by atoms with van der Waals surface area (Å²) in [5.74, 6) is -5.23. The van der Waals surface area contributed by atoms with Gasteiger partial charge in [-0.3, -0.25) is 9.59 Å². The van der Waals surface area contributed by atoms with Gasteiger partial charge in [0.2, 0.25) is 0 Å². The normalized spacial score (nSPS) is 15.3. The highest BCUT2D eigenvalue weighted by Gasteiger charge is 2.36. The molecule has 0 aromatic rings. The number of hydrogen-bond acceptors (Lipinski definition) is 4. The molecule has 252 valence electrons. The third-order valence-electron chi connectivity index (χ3n) is 8.87. The monoisotopic (exact) mass is 609 g/mol. The van der Waals surface area contributed by atoms with Crippen LogP contribution in [0.5, 0.6) is 0 Å². The van der Waals surface area contributed by atoms with Crippen molar-refractivity contribution < 1.29 is 34.2 Å². The lowest BCUT2D eigenvalue weighted by molar-refractivity contribution is -0.934. The van der Waals surface area contributed by atoms with Gasteiger partial charge in [0.25, 0.3) is 0 Å². The SMILES string of the molecule is CCCCCCCC/C=C/CCCCCCCCCCCCCC[N+](CC(C)C(=O)[O-])(CC(C)C(=O)O)CC(C)C(=O)O. The minimum Gasteiger partial charge on any atom is -0.550 e. The second-order valence-corrected chi connectivity index (χ2v) is 13.4. The Morgan fingerprint density at radius 1 is 0.558 bits per heavy atom. The maximum absolute atomic E-state index is 11.6. The van der Waals surface area contributed by atoms with Crippen LogP contribution in [0.4, 0.5) is 0 Å². The van der Waals surface area contributed by atoms with E-state index in [0.717, 1.165) is 25.7 Å². The first-order valence-electron chi connectivity index (χ1n) is 17.7. The largest absolute Gasteiger partial charge is 0.550 e. The zero-order valence-corrected chi connectivity index (χ0v) is 28.3. The molecule has 0 bridgehead atoms. The minimum absolute atomic E-state index is 0.186. The van der Waals surface area contributed by atoms with E-state index in [0.29, 0.717) is 6.54 Å². The van der Waals surface area contributed by atoms with E-state index >= 15 is 0 Å². The highest BCUT2D eigenvalue weighted by atomic mass is 16.4. The van der Waals surface area contributed by atoms with Crippen LogP contribution in [0.1, 0.15) is 156 Å². The summed E-state index contributed by atoms with van der Waals surface area (Å²) in [4.78, 5) is 34.8. The molecule has 0 fully saturated rings. The van der Waals surface area contributed by atoms with Crippen LogP contribution in [0.2, 0.25) is 0 Å². The van der Waals surface area contributed by atoms with Crippen molar-refractivity contribution in [3.05, 3.63) is 12.2 Å². The number of carbonyl (C=O) groups excluding carboxylic acids is 1. The molecule has 0 amide bonds. The molecule has 3 unspecified atom stereocenters. The van der Waals surface area contributed by atoms with Crippen LogP contribution < -0.4 is 5.11 Å². The van der Waals surface area contributed by atoms with Crippen molar-refractivity contribution in [2.45, 2.75) is 156 Å². The molecule has 0 heterocycles. The van der Waals surface area contributed by atoms with Gasteiger partial charge in [0, 0.05) is 11.9 Å². The third-order valence-corrected chi connectivity index (χ3v) is 8.87. The second-order valence-electron chi connectivity index (χ2n) is 13.4. The maximum Gasteiger partial charge on any atom is 0.311 e. The van der Waals surface area contributed by atoms with Gasteiger partial charge in [-0.05, 0) is 52.4 Å². The number of nitrogens with zero attached hydrogens (tertiary/aromatic N) is 1. The van der Waals surface area contributed by atoms with E-state index in [2.05, 4.69) is 19.1 Å². The fourth-order valence-corrected chi connectivity index (χ4v) is 6.23. The Labute approximate surface area is 264 Å². The first kappa shape index (κ1) is 41.1. The number of carbonyl (C=O) groups is 3. The zero-order valence-electron chi connectivity index (χ0n) is 28.3. The van der Waals surface area contributed by atoms with Crippen molar-refractivity contribution in [2.24, 2.45) is 17.8 Å². The summed E-state index contributed by atoms with van der Waals surface area (Å²) in [7, 11) is 0. The van der Waals surface area contributed by atoms with Crippen molar-refractivity contribution in [1.82, 2.24) is 0 Å². The quantitative estimate of drug-likeness (QED) is 0.0467. The van der Waals surface area contributed by atoms with E-state index in [9.17, 15) is 29.7 Å². The van der Waals surface area contributed by atoms with E-state index in [4.69, 9.17) is 0 Å². The summed E-state index contributed by atoms with van der Waals surface area (Å²) in [6, 6.07) is 0. The van der Waals surface area contributed by atoms with Gasteiger partial charge in [-0.25, -0.2) is 0 Å². The van der Waals surface area contributed by atoms with Gasteiger partial charge in [0.1, 0.15) is 11.8 Å². The van der Waals surface area contributed by atoms with Gasteiger partial charge in [-0.15, -0.1) is 0 Å². The Morgan fingerprint density at radius 2 is 0.884 bits per heavy atom. The molecule has 2 N–H and O–H groups in total. The number of rotatable bonds is 31. The lowest BCUT2D eigenvalue weighted by Gasteiger charge is -2.43. The molecule has 0 aromatic heterocycles. The average molecular weight is 610 g/mol. The molecule has 0 spiro atoms. The first-order chi connectivity index (χ1) is 20.5. The Hall–Kier alpha value is -1.89. The number of unbranched alkanes of at least 4 members (excludes halogenated alkanes) is 18. The topological polar surface area (TPSA) is 115 Å². The molecule has 0 aromatic carbocycles. The highest BCUT2D eigenvalue weighted by Crippen LogP contribution is 2.22. The first-order valence-corrected chi connectivity index (χ1v) is 17.7. The summed E-state index contributed by atoms with van der Waals surface area (Å²) in [5.41, 5.74) is 0. The summed E-state index contributed by atoms with van der Waals surface area (Å²) < 4.78 is 0.186. The molecule has 0 rings (SSSR count). The summed E-state index contributed by atoms with van der Waals surface area (Å²) in [6.07, 6.45) is 29.9. The van der Waals surface area contributed by atoms with E-state index in [-0.39, 0.29) is 24.1 Å². The number of carboxylic acid groups (broad SMARTS) is 3. The fraction of sp³-hybridized carbons (Fsp3) is 0.861. The van der Waals surface area contributed by atoms with Crippen molar-refractivity contribution in [3.63, 3.8) is 0 Å². The number of allylic oxidation sites excluding steroid dienone is 2. The fourth-order valence-electron chi connectivity index (χ4n) is 6.23. The van der Waals surface area contributed by atoms with Crippen molar-refractivity contribution in [2.75, 3.05) is 26.2 Å². The number of carboxylic acids is 3. The standard InChI is InChI=1S/C36H67NO6/c1-5-6-7-8-9-10-11-12-13-14-15-16-17-18-19-20-21-22-23-24-25-26-27-37(28-31(2)34(38)39,29-32(3)35(40)41)30-33(4)36(42)43/h12-13,31-33H,5-11,14-30H2,1-4H3,(H2-,38,39,40,41,42,43)/b13-12+. The van der Waals surface area contributed by atoms with Crippen LogP contribution >= 0.6 is 0 Å². The Balaban J connectivity index is 4.14. The molecule has 0 aliphatic heterocycles. The zero-order chi connectivity index (χ0) is 32.3. The van der Waals surface area contributed by atoms with Crippen molar-refractivity contribution >= 4 is 17.9 Å². The third kappa shape index (κ3) is 23.2. The molecule has 43 heavy (non-hydrogen) atoms. The number of aliphatic carboxylic acids is 3.